The average molecular weight is 315 g/mol. The first-order chi connectivity index (χ1) is 9.13. The second kappa shape index (κ2) is 6.73. The molecule has 0 aliphatic rings. The van der Waals surface area contributed by atoms with Crippen molar-refractivity contribution in [3.63, 3.8) is 0 Å². The molecule has 0 fully saturated rings. The molecule has 1 unspecified atom stereocenters. The number of hydrazine groups is 1. The normalized spacial score (nSPS) is 12.6. The zero-order valence-corrected chi connectivity index (χ0v) is 12.9. The number of benzene rings is 1. The minimum atomic E-state index is 0.0567. The van der Waals surface area contributed by atoms with E-state index in [4.69, 9.17) is 29.0 Å². The monoisotopic (exact) mass is 314 g/mol. The van der Waals surface area contributed by atoms with Crippen LogP contribution >= 0.6 is 34.5 Å². The molecule has 0 aliphatic heterocycles. The Morgan fingerprint density at radius 1 is 1.26 bits per heavy atom. The van der Waals surface area contributed by atoms with Gasteiger partial charge in [0.15, 0.2) is 0 Å². The van der Waals surface area contributed by atoms with Crippen molar-refractivity contribution in [1.82, 2.24) is 5.43 Å². The van der Waals surface area contributed by atoms with Gasteiger partial charge in [0, 0.05) is 19.8 Å². The first-order valence-corrected chi connectivity index (χ1v) is 7.70. The number of hydrogen-bond donors (Lipinski definition) is 2. The molecule has 102 valence electrons. The van der Waals surface area contributed by atoms with Crippen LogP contribution in [-0.4, -0.2) is 0 Å². The molecule has 3 N–H and O–H groups in total. The van der Waals surface area contributed by atoms with Gasteiger partial charge in [-0.25, -0.2) is 0 Å². The first kappa shape index (κ1) is 14.8. The van der Waals surface area contributed by atoms with E-state index in [1.807, 2.05) is 12.1 Å². The average Bonchev–Trinajstić information content (AvgIpc) is 2.88. The quantitative estimate of drug-likeness (QED) is 0.635. The summed E-state index contributed by atoms with van der Waals surface area (Å²) in [5.41, 5.74) is 3.86. The smallest absolute Gasteiger partial charge is 0.0594 e. The van der Waals surface area contributed by atoms with E-state index < -0.39 is 0 Å². The maximum absolute atomic E-state index is 6.19. The predicted octanol–water partition coefficient (Wildman–Crippen LogP) is 4.36. The summed E-state index contributed by atoms with van der Waals surface area (Å²) in [4.78, 5) is 2.57. The molecule has 0 amide bonds. The Morgan fingerprint density at radius 2 is 2.05 bits per heavy atom. The molecule has 2 nitrogen and oxygen atoms in total. The van der Waals surface area contributed by atoms with Gasteiger partial charge in [-0.05, 0) is 48.7 Å². The van der Waals surface area contributed by atoms with Crippen LogP contribution in [0.15, 0.2) is 30.3 Å². The molecular weight excluding hydrogens is 299 g/mol. The first-order valence-electron chi connectivity index (χ1n) is 6.12. The lowest BCUT2D eigenvalue weighted by Crippen LogP contribution is -2.29. The van der Waals surface area contributed by atoms with Gasteiger partial charge >= 0.3 is 0 Å². The SMILES string of the molecule is CCc1ccc(C(Cc2cc(Cl)ccc2Cl)NN)s1. The van der Waals surface area contributed by atoms with Crippen molar-refractivity contribution < 1.29 is 0 Å². The van der Waals surface area contributed by atoms with Gasteiger partial charge in [-0.15, -0.1) is 11.3 Å². The lowest BCUT2D eigenvalue weighted by atomic mass is 10.1. The van der Waals surface area contributed by atoms with E-state index in [0.717, 1.165) is 23.4 Å². The number of aryl methyl sites for hydroxylation is 1. The third-order valence-electron chi connectivity index (χ3n) is 3.01. The number of nitrogens with two attached hydrogens (primary N) is 1. The minimum Gasteiger partial charge on any atom is -0.271 e. The molecule has 1 atom stereocenters. The Hall–Kier alpha value is -0.580. The fourth-order valence-corrected chi connectivity index (χ4v) is 3.34. The number of nitrogens with one attached hydrogen (secondary N) is 1. The van der Waals surface area contributed by atoms with Crippen molar-refractivity contribution in [1.29, 1.82) is 0 Å². The second-order valence-electron chi connectivity index (χ2n) is 4.32. The van der Waals surface area contributed by atoms with E-state index in [1.54, 1.807) is 17.4 Å². The van der Waals surface area contributed by atoms with E-state index in [9.17, 15) is 0 Å². The lowest BCUT2D eigenvalue weighted by molar-refractivity contribution is 0.561. The summed E-state index contributed by atoms with van der Waals surface area (Å²) in [6, 6.07) is 9.82. The van der Waals surface area contributed by atoms with Crippen molar-refractivity contribution in [2.75, 3.05) is 0 Å². The zero-order valence-electron chi connectivity index (χ0n) is 10.6. The highest BCUT2D eigenvalue weighted by Crippen LogP contribution is 2.29. The van der Waals surface area contributed by atoms with Crippen LogP contribution in [0.2, 0.25) is 10.0 Å². The Balaban J connectivity index is 2.21. The van der Waals surface area contributed by atoms with Gasteiger partial charge in [-0.1, -0.05) is 30.1 Å². The number of hydrogen-bond acceptors (Lipinski definition) is 3. The molecule has 19 heavy (non-hydrogen) atoms. The van der Waals surface area contributed by atoms with E-state index in [2.05, 4.69) is 24.5 Å². The highest BCUT2D eigenvalue weighted by molar-refractivity contribution is 7.12. The molecule has 1 heterocycles. The largest absolute Gasteiger partial charge is 0.271 e. The van der Waals surface area contributed by atoms with Gasteiger partial charge in [0.1, 0.15) is 0 Å². The van der Waals surface area contributed by atoms with Gasteiger partial charge in [0.05, 0.1) is 6.04 Å². The van der Waals surface area contributed by atoms with Gasteiger partial charge in [-0.3, -0.25) is 11.3 Å². The van der Waals surface area contributed by atoms with E-state index in [0.29, 0.717) is 5.02 Å². The lowest BCUT2D eigenvalue weighted by Gasteiger charge is -2.15. The standard InChI is InChI=1S/C14H16Cl2N2S/c1-2-11-4-6-14(19-11)13(18-17)8-9-7-10(15)3-5-12(9)16/h3-7,13,18H,2,8,17H2,1H3. The van der Waals surface area contributed by atoms with Crippen molar-refractivity contribution in [2.45, 2.75) is 25.8 Å². The molecule has 5 heteroatoms. The minimum absolute atomic E-state index is 0.0567. The molecule has 2 aromatic rings. The molecule has 2 rings (SSSR count). The van der Waals surface area contributed by atoms with Crippen LogP contribution in [0.3, 0.4) is 0 Å². The summed E-state index contributed by atoms with van der Waals surface area (Å²) in [5.74, 6) is 5.67. The molecule has 0 bridgehead atoms. The summed E-state index contributed by atoms with van der Waals surface area (Å²) in [5, 5.41) is 1.41. The Morgan fingerprint density at radius 3 is 2.68 bits per heavy atom. The third kappa shape index (κ3) is 3.71. The predicted molar refractivity (Wildman–Crippen MR) is 83.9 cm³/mol. The summed E-state index contributed by atoms with van der Waals surface area (Å²) >= 11 is 14.0. The van der Waals surface area contributed by atoms with E-state index in [1.165, 1.54) is 9.75 Å². The summed E-state index contributed by atoms with van der Waals surface area (Å²) < 4.78 is 0. The van der Waals surface area contributed by atoms with E-state index in [-0.39, 0.29) is 6.04 Å². The third-order valence-corrected chi connectivity index (χ3v) is 4.95. The molecular formula is C14H16Cl2N2S. The highest BCUT2D eigenvalue weighted by atomic mass is 35.5. The number of thiophene rings is 1. The van der Waals surface area contributed by atoms with Gasteiger partial charge in [-0.2, -0.15) is 0 Å². The van der Waals surface area contributed by atoms with Crippen LogP contribution in [0.5, 0.6) is 0 Å². The fraction of sp³-hybridized carbons (Fsp3) is 0.286. The number of halogens is 2. The van der Waals surface area contributed by atoms with Crippen molar-refractivity contribution in [3.8, 4) is 0 Å². The zero-order chi connectivity index (χ0) is 13.8. The number of rotatable bonds is 5. The van der Waals surface area contributed by atoms with Crippen molar-refractivity contribution >= 4 is 34.5 Å². The molecule has 0 radical (unpaired) electrons. The van der Waals surface area contributed by atoms with Gasteiger partial charge < -0.3 is 0 Å². The fourth-order valence-electron chi connectivity index (χ4n) is 1.93. The summed E-state index contributed by atoms with van der Waals surface area (Å²) in [6.07, 6.45) is 1.76. The van der Waals surface area contributed by atoms with Crippen LogP contribution in [0.4, 0.5) is 0 Å². The highest BCUT2D eigenvalue weighted by Gasteiger charge is 2.15. The molecule has 0 saturated heterocycles. The van der Waals surface area contributed by atoms with Crippen molar-refractivity contribution in [2.24, 2.45) is 5.84 Å². The molecule has 0 aliphatic carbocycles. The molecule has 1 aromatic heterocycles. The maximum atomic E-state index is 6.19. The summed E-state index contributed by atoms with van der Waals surface area (Å²) in [7, 11) is 0. The second-order valence-corrected chi connectivity index (χ2v) is 6.36. The van der Waals surface area contributed by atoms with E-state index >= 15 is 0 Å². The topological polar surface area (TPSA) is 38.0 Å². The van der Waals surface area contributed by atoms with Crippen LogP contribution in [0, 0.1) is 0 Å². The molecule has 0 spiro atoms. The van der Waals surface area contributed by atoms with Gasteiger partial charge in [0.25, 0.3) is 0 Å². The van der Waals surface area contributed by atoms with Gasteiger partial charge in [0.2, 0.25) is 0 Å². The van der Waals surface area contributed by atoms with Crippen LogP contribution in [-0.2, 0) is 12.8 Å². The van der Waals surface area contributed by atoms with Crippen molar-refractivity contribution in [3.05, 3.63) is 55.7 Å². The summed E-state index contributed by atoms with van der Waals surface area (Å²) in [6.45, 7) is 2.15. The van der Waals surface area contributed by atoms with Crippen LogP contribution < -0.4 is 11.3 Å². The molecule has 0 saturated carbocycles. The Bertz CT molecular complexity index is 554. The Kier molecular flexibility index (Phi) is 5.25. The molecule has 1 aromatic carbocycles. The Labute approximate surface area is 127 Å². The maximum Gasteiger partial charge on any atom is 0.0594 e. The van der Waals surface area contributed by atoms with Crippen LogP contribution in [0.1, 0.15) is 28.3 Å². The van der Waals surface area contributed by atoms with Crippen LogP contribution in [0.25, 0.3) is 0 Å².